The number of fused-ring (bicyclic) bond motifs is 9. The molecule has 7 heterocycles. The van der Waals surface area contributed by atoms with Crippen molar-refractivity contribution in [2.75, 3.05) is 24.1 Å². The minimum atomic E-state index is -1.30. The van der Waals surface area contributed by atoms with E-state index in [0.29, 0.717) is 49.3 Å². The summed E-state index contributed by atoms with van der Waals surface area (Å²) in [4.78, 5) is 86.0. The Balaban J connectivity index is 0.683. The number of aliphatic carboxylic acids is 1. The standard InChI is InChI=1S/C69H59N13O6/c70-69-81-64-63(67(86)82-69)75-48(40-74-64)39-73-47-25-23-46(24-26-47)66(85)80-57(68(87)88)35-36-58(83)71-37-11-4-12-38-72-65(84)45-21-19-44(20-22-45)62-55-33-31-53(78-55)60(42-15-7-2-8-16-42)51-29-27-49(76-51)59(41-13-5-1-6-14-41)50-28-30-52(77-50)61(43-17-9-3-10-18-43)54-32-34-56(62)79-54/h1-3,5-10,13-34,40,57,73,76,79H,4,11-12,35-39H2,(H,71,83)(H,72,84)(H,80,85)(H,87,88)(H3,70,74,81,82,86). The molecule has 5 aromatic heterocycles. The van der Waals surface area contributed by atoms with Crippen molar-refractivity contribution in [2.24, 2.45) is 0 Å². The van der Waals surface area contributed by atoms with E-state index in [2.05, 4.69) is 130 Å². The zero-order valence-electron chi connectivity index (χ0n) is 47.5. The van der Waals surface area contributed by atoms with E-state index in [0.717, 1.165) is 89.4 Å². The molecule has 0 spiro atoms. The highest BCUT2D eigenvalue weighted by Crippen LogP contribution is 2.38. The summed E-state index contributed by atoms with van der Waals surface area (Å²) in [5, 5.41) is 31.5. The van der Waals surface area contributed by atoms with Crippen LogP contribution in [0.4, 0.5) is 11.6 Å². The van der Waals surface area contributed by atoms with Crippen LogP contribution < -0.4 is 27.0 Å². The Bertz CT molecular complexity index is 4470. The van der Waals surface area contributed by atoms with E-state index in [1.54, 1.807) is 12.1 Å². The van der Waals surface area contributed by atoms with Crippen LogP contribution >= 0.6 is 0 Å². The third-order valence-corrected chi connectivity index (χ3v) is 15.2. The highest BCUT2D eigenvalue weighted by Gasteiger charge is 2.23. The number of nitrogens with two attached hydrogens (primary N) is 1. The number of hydrogen-bond acceptors (Lipinski definition) is 13. The Hall–Kier alpha value is -11.6. The number of hydrogen-bond donors (Lipinski definition) is 9. The number of nitrogen functional groups attached to an aromatic ring is 1. The lowest BCUT2D eigenvalue weighted by molar-refractivity contribution is -0.139. The Labute approximate surface area is 504 Å². The molecule has 88 heavy (non-hydrogen) atoms. The lowest BCUT2D eigenvalue weighted by Crippen LogP contribution is -2.41. The molecule has 3 amide bonds. The molecule has 0 fully saturated rings. The van der Waals surface area contributed by atoms with E-state index >= 15 is 0 Å². The first-order chi connectivity index (χ1) is 43.0. The number of aromatic nitrogens is 8. The van der Waals surface area contributed by atoms with Gasteiger partial charge < -0.3 is 47.2 Å². The number of carboxylic acid groups (broad SMARTS) is 1. The average Bonchev–Trinajstić information content (AvgIpc) is 4.33. The van der Waals surface area contributed by atoms with Gasteiger partial charge in [-0.25, -0.2) is 24.7 Å². The van der Waals surface area contributed by atoms with Gasteiger partial charge in [-0.3, -0.25) is 14.4 Å². The van der Waals surface area contributed by atoms with Crippen LogP contribution in [0.1, 0.15) is 81.3 Å². The number of aromatic hydroxyl groups is 1. The second-order valence-corrected chi connectivity index (χ2v) is 21.1. The van der Waals surface area contributed by atoms with E-state index in [4.69, 9.17) is 15.7 Å². The van der Waals surface area contributed by atoms with Gasteiger partial charge >= 0.3 is 5.97 Å². The van der Waals surface area contributed by atoms with Gasteiger partial charge in [-0.2, -0.15) is 9.97 Å². The fourth-order valence-electron chi connectivity index (χ4n) is 10.8. The Morgan fingerprint density at radius 1 is 0.511 bits per heavy atom. The molecule has 0 saturated heterocycles. The molecule has 0 saturated carbocycles. The second-order valence-electron chi connectivity index (χ2n) is 21.1. The molecule has 19 nitrogen and oxygen atoms in total. The maximum Gasteiger partial charge on any atom is 0.326 e. The number of unbranched alkanes of at least 4 members (excludes halogenated alkanes) is 2. The fourth-order valence-corrected chi connectivity index (χ4v) is 10.8. The molecule has 10 N–H and O–H groups in total. The molecular weight excluding hydrogens is 1110 g/mol. The first-order valence-electron chi connectivity index (χ1n) is 28.8. The van der Waals surface area contributed by atoms with E-state index in [1.165, 1.54) is 18.3 Å². The molecule has 0 radical (unpaired) electrons. The van der Waals surface area contributed by atoms with E-state index in [9.17, 15) is 29.4 Å². The van der Waals surface area contributed by atoms with Gasteiger partial charge in [-0.05, 0) is 133 Å². The zero-order valence-corrected chi connectivity index (χ0v) is 47.5. The van der Waals surface area contributed by atoms with Crippen LogP contribution in [0.15, 0.2) is 170 Å². The smallest absolute Gasteiger partial charge is 0.326 e. The lowest BCUT2D eigenvalue weighted by atomic mass is 10.0. The molecular formula is C69H59N13O6. The number of carbonyl (C=O) groups is 4. The third kappa shape index (κ3) is 12.7. The summed E-state index contributed by atoms with van der Waals surface area (Å²) in [6.45, 7) is 1.01. The number of aromatic amines is 2. The summed E-state index contributed by atoms with van der Waals surface area (Å²) in [6, 6.07) is 51.9. The van der Waals surface area contributed by atoms with E-state index < -0.39 is 17.9 Å². The van der Waals surface area contributed by atoms with Gasteiger partial charge in [0.05, 0.1) is 41.2 Å². The molecule has 436 valence electrons. The summed E-state index contributed by atoms with van der Waals surface area (Å²) < 4.78 is 0. The molecule has 1 unspecified atom stereocenters. The normalized spacial score (nSPS) is 12.0. The third-order valence-electron chi connectivity index (χ3n) is 15.2. The van der Waals surface area contributed by atoms with Crippen molar-refractivity contribution in [1.29, 1.82) is 0 Å². The predicted molar refractivity (Wildman–Crippen MR) is 343 cm³/mol. The van der Waals surface area contributed by atoms with Crippen LogP contribution in [-0.4, -0.2) is 92.9 Å². The Kier molecular flexibility index (Phi) is 16.6. The molecule has 10 aromatic rings. The Morgan fingerprint density at radius 3 is 1.48 bits per heavy atom. The van der Waals surface area contributed by atoms with Gasteiger partial charge in [0.15, 0.2) is 11.2 Å². The Morgan fingerprint density at radius 2 is 0.977 bits per heavy atom. The summed E-state index contributed by atoms with van der Waals surface area (Å²) in [5.41, 5.74) is 22.0. The molecule has 8 bridgehead atoms. The number of carbonyl (C=O) groups excluding carboxylic acids is 3. The van der Waals surface area contributed by atoms with Crippen molar-refractivity contribution in [2.45, 2.75) is 44.7 Å². The maximum absolute atomic E-state index is 13.6. The maximum atomic E-state index is 13.6. The SMILES string of the molecule is Nc1nc(O)c2nc(CNc3ccc(C(=O)NC(CCC(=O)NCCCCCNC(=O)c4ccc(-c5c6nc(c(-c7ccccc7)c7ccc([nH]7)c(-c7ccccc7)c7nc(c(-c8ccccc8)c8ccc5[nH]8)C=C7)C=C6)cc4)C(=O)O)cc3)cnc2n1. The first kappa shape index (κ1) is 56.9. The summed E-state index contributed by atoms with van der Waals surface area (Å²) in [5.74, 6) is -2.93. The van der Waals surface area contributed by atoms with Crippen molar-refractivity contribution >= 4 is 92.9 Å². The molecule has 5 aromatic carbocycles. The minimum absolute atomic E-state index is 0.105. The number of rotatable bonds is 20. The van der Waals surface area contributed by atoms with Gasteiger partial charge in [-0.1, -0.05) is 103 Å². The van der Waals surface area contributed by atoms with Crippen LogP contribution in [0, 0.1) is 0 Å². The quantitative estimate of drug-likeness (QED) is 0.0321. The summed E-state index contributed by atoms with van der Waals surface area (Å²) in [6.07, 6.45) is 11.6. The number of benzene rings is 5. The molecule has 19 heteroatoms. The molecule has 2 aliphatic rings. The zero-order chi connectivity index (χ0) is 60.5. The molecule has 1 atom stereocenters. The van der Waals surface area contributed by atoms with Crippen LogP contribution in [0.3, 0.4) is 0 Å². The van der Waals surface area contributed by atoms with Crippen molar-refractivity contribution in [1.82, 2.24) is 55.8 Å². The summed E-state index contributed by atoms with van der Waals surface area (Å²) >= 11 is 0. The van der Waals surface area contributed by atoms with Crippen LogP contribution in [-0.2, 0) is 16.1 Å². The fraction of sp³-hybridized carbons (Fsp3) is 0.130. The van der Waals surface area contributed by atoms with Crippen LogP contribution in [0.25, 0.3) is 102 Å². The number of anilines is 2. The highest BCUT2D eigenvalue weighted by atomic mass is 16.4. The van der Waals surface area contributed by atoms with Crippen LogP contribution in [0.2, 0.25) is 0 Å². The average molecular weight is 1170 g/mol. The van der Waals surface area contributed by atoms with E-state index in [-0.39, 0.29) is 59.8 Å². The van der Waals surface area contributed by atoms with Crippen LogP contribution in [0.5, 0.6) is 5.88 Å². The monoisotopic (exact) mass is 1170 g/mol. The minimum Gasteiger partial charge on any atom is -0.492 e. The van der Waals surface area contributed by atoms with Gasteiger partial charge in [0.2, 0.25) is 17.7 Å². The summed E-state index contributed by atoms with van der Waals surface area (Å²) in [7, 11) is 0. The number of carboxylic acids is 1. The van der Waals surface area contributed by atoms with E-state index in [1.807, 2.05) is 84.9 Å². The topological polar surface area (TPSA) is 292 Å². The molecule has 12 rings (SSSR count). The van der Waals surface area contributed by atoms with Crippen molar-refractivity contribution in [3.05, 3.63) is 210 Å². The lowest BCUT2D eigenvalue weighted by Gasteiger charge is -2.15. The van der Waals surface area contributed by atoms with Gasteiger partial charge in [0.25, 0.3) is 11.8 Å². The predicted octanol–water partition coefficient (Wildman–Crippen LogP) is 11.6. The van der Waals surface area contributed by atoms with Crippen molar-refractivity contribution in [3.63, 3.8) is 0 Å². The highest BCUT2D eigenvalue weighted by molar-refractivity contribution is 6.01. The number of amides is 3. The van der Waals surface area contributed by atoms with Gasteiger partial charge in [0.1, 0.15) is 6.04 Å². The number of H-pyrrole nitrogens is 2. The van der Waals surface area contributed by atoms with Crippen molar-refractivity contribution in [3.8, 4) is 50.4 Å². The number of nitrogens with one attached hydrogen (secondary N) is 6. The largest absolute Gasteiger partial charge is 0.492 e. The second kappa shape index (κ2) is 25.7. The van der Waals surface area contributed by atoms with Crippen molar-refractivity contribution < 1.29 is 29.4 Å². The van der Waals surface area contributed by atoms with Gasteiger partial charge in [0, 0.05) is 80.6 Å². The molecule has 2 aliphatic heterocycles. The molecule has 0 aliphatic carbocycles. The number of nitrogens with zero attached hydrogens (tertiary/aromatic N) is 6. The first-order valence-corrected chi connectivity index (χ1v) is 28.8. The van der Waals surface area contributed by atoms with Gasteiger partial charge in [-0.15, -0.1) is 0 Å².